The Morgan fingerprint density at radius 1 is 0.731 bits per heavy atom. The van der Waals surface area contributed by atoms with Crippen molar-refractivity contribution in [3.05, 3.63) is 0 Å². The van der Waals surface area contributed by atoms with E-state index in [-0.39, 0.29) is 17.4 Å². The van der Waals surface area contributed by atoms with E-state index < -0.39 is 6.10 Å². The summed E-state index contributed by atoms with van der Waals surface area (Å²) in [6, 6.07) is 0. The van der Waals surface area contributed by atoms with Gasteiger partial charge in [0.2, 0.25) is 0 Å². The van der Waals surface area contributed by atoms with E-state index in [1.54, 1.807) is 0 Å². The first-order valence-electron chi connectivity index (χ1n) is 9.78. The largest absolute Gasteiger partial charge is 0.388 e. The summed E-state index contributed by atoms with van der Waals surface area (Å²) in [6.45, 7) is 11.4. The number of ether oxygens (including phenoxy) is 6. The van der Waals surface area contributed by atoms with Crippen LogP contribution in [0.3, 0.4) is 0 Å². The molecule has 2 rings (SSSR count). The highest BCUT2D eigenvalue weighted by atomic mass is 16.6. The lowest BCUT2D eigenvalue weighted by Crippen LogP contribution is -2.46. The van der Waals surface area contributed by atoms with Gasteiger partial charge in [0.15, 0.2) is 0 Å². The molecule has 2 heterocycles. The molecular weight excluding hydrogens is 340 g/mol. The Kier molecular flexibility index (Phi) is 9.77. The summed E-state index contributed by atoms with van der Waals surface area (Å²) in [4.78, 5) is 0. The van der Waals surface area contributed by atoms with Crippen molar-refractivity contribution in [3.8, 4) is 0 Å². The molecule has 0 bridgehead atoms. The fourth-order valence-corrected chi connectivity index (χ4v) is 2.87. The van der Waals surface area contributed by atoms with Gasteiger partial charge < -0.3 is 33.5 Å². The first-order valence-corrected chi connectivity index (χ1v) is 9.78. The summed E-state index contributed by atoms with van der Waals surface area (Å²) in [5, 5.41) is 9.86. The summed E-state index contributed by atoms with van der Waals surface area (Å²) in [5.74, 6) is 0. The molecule has 0 radical (unpaired) electrons. The fraction of sp³-hybridized carbons (Fsp3) is 1.00. The first-order chi connectivity index (χ1) is 12.6. The van der Waals surface area contributed by atoms with Gasteiger partial charge in [0.1, 0.15) is 6.10 Å². The molecule has 0 amide bonds. The minimum absolute atomic E-state index is 0.152. The molecule has 154 valence electrons. The van der Waals surface area contributed by atoms with Crippen LogP contribution in [0.15, 0.2) is 0 Å². The van der Waals surface area contributed by atoms with E-state index in [9.17, 15) is 5.11 Å². The zero-order chi connectivity index (χ0) is 18.7. The Morgan fingerprint density at radius 2 is 1.19 bits per heavy atom. The SMILES string of the molecule is CCC1(COCCOCCOCC(O)COCC2(CC)COC2)COC1. The van der Waals surface area contributed by atoms with Crippen LogP contribution in [-0.2, 0) is 28.4 Å². The Morgan fingerprint density at radius 3 is 1.69 bits per heavy atom. The molecule has 0 aromatic carbocycles. The summed E-state index contributed by atoms with van der Waals surface area (Å²) in [5.41, 5.74) is 0.378. The van der Waals surface area contributed by atoms with E-state index in [2.05, 4.69) is 13.8 Å². The van der Waals surface area contributed by atoms with Crippen LogP contribution in [0, 0.1) is 10.8 Å². The van der Waals surface area contributed by atoms with Crippen molar-refractivity contribution in [2.24, 2.45) is 10.8 Å². The van der Waals surface area contributed by atoms with E-state index >= 15 is 0 Å². The summed E-state index contributed by atoms with van der Waals surface area (Å²) in [6.07, 6.45) is 1.51. The number of rotatable bonds is 16. The van der Waals surface area contributed by atoms with Gasteiger partial charge in [0.25, 0.3) is 0 Å². The second-order valence-electron chi connectivity index (χ2n) is 7.60. The van der Waals surface area contributed by atoms with Crippen LogP contribution in [0.2, 0.25) is 0 Å². The molecule has 7 heteroatoms. The highest BCUT2D eigenvalue weighted by Gasteiger charge is 2.37. The monoisotopic (exact) mass is 376 g/mol. The third-order valence-corrected chi connectivity index (χ3v) is 5.31. The van der Waals surface area contributed by atoms with Gasteiger partial charge in [-0.2, -0.15) is 0 Å². The van der Waals surface area contributed by atoms with Crippen LogP contribution in [0.5, 0.6) is 0 Å². The number of aliphatic hydroxyl groups is 1. The predicted octanol–water partition coefficient (Wildman–Crippen LogP) is 1.27. The van der Waals surface area contributed by atoms with Crippen molar-refractivity contribution in [1.29, 1.82) is 0 Å². The quantitative estimate of drug-likeness (QED) is 0.407. The second-order valence-corrected chi connectivity index (χ2v) is 7.60. The van der Waals surface area contributed by atoms with Crippen LogP contribution < -0.4 is 0 Å². The van der Waals surface area contributed by atoms with Crippen molar-refractivity contribution in [2.45, 2.75) is 32.8 Å². The van der Waals surface area contributed by atoms with Crippen LogP contribution in [0.1, 0.15) is 26.7 Å². The topological polar surface area (TPSA) is 75.6 Å². The minimum atomic E-state index is -0.608. The van der Waals surface area contributed by atoms with Gasteiger partial charge in [-0.3, -0.25) is 0 Å². The maximum absolute atomic E-state index is 9.86. The van der Waals surface area contributed by atoms with Crippen LogP contribution in [0.25, 0.3) is 0 Å². The Labute approximate surface area is 157 Å². The maximum Gasteiger partial charge on any atom is 0.101 e. The van der Waals surface area contributed by atoms with E-state index in [0.29, 0.717) is 39.6 Å². The molecule has 7 nitrogen and oxygen atoms in total. The Balaban J connectivity index is 1.34. The van der Waals surface area contributed by atoms with Crippen molar-refractivity contribution < 1.29 is 33.5 Å². The second kappa shape index (κ2) is 11.5. The van der Waals surface area contributed by atoms with Gasteiger partial charge in [0.05, 0.1) is 79.3 Å². The van der Waals surface area contributed by atoms with E-state index in [1.807, 2.05) is 0 Å². The average molecular weight is 376 g/mol. The number of hydrogen-bond donors (Lipinski definition) is 1. The molecular formula is C19H36O7. The summed E-state index contributed by atoms with van der Waals surface area (Å²) < 4.78 is 32.7. The third-order valence-electron chi connectivity index (χ3n) is 5.31. The lowest BCUT2D eigenvalue weighted by Gasteiger charge is -2.40. The maximum atomic E-state index is 9.86. The lowest BCUT2D eigenvalue weighted by atomic mass is 9.84. The van der Waals surface area contributed by atoms with E-state index in [0.717, 1.165) is 45.9 Å². The van der Waals surface area contributed by atoms with Crippen molar-refractivity contribution >= 4 is 0 Å². The normalized spacial score (nSPS) is 21.8. The van der Waals surface area contributed by atoms with Gasteiger partial charge in [-0.1, -0.05) is 13.8 Å². The van der Waals surface area contributed by atoms with Gasteiger partial charge >= 0.3 is 0 Å². The molecule has 2 aliphatic heterocycles. The Bertz CT molecular complexity index is 358. The molecule has 26 heavy (non-hydrogen) atoms. The molecule has 0 aliphatic carbocycles. The van der Waals surface area contributed by atoms with Gasteiger partial charge in [-0.05, 0) is 12.8 Å². The summed E-state index contributed by atoms with van der Waals surface area (Å²) >= 11 is 0. The van der Waals surface area contributed by atoms with E-state index in [4.69, 9.17) is 28.4 Å². The molecule has 0 aromatic rings. The summed E-state index contributed by atoms with van der Waals surface area (Å²) in [7, 11) is 0. The Hall–Kier alpha value is -0.280. The molecule has 2 aliphatic rings. The first kappa shape index (κ1) is 22.0. The third kappa shape index (κ3) is 7.03. The predicted molar refractivity (Wildman–Crippen MR) is 96.4 cm³/mol. The minimum Gasteiger partial charge on any atom is -0.388 e. The average Bonchev–Trinajstić information content (AvgIpc) is 2.58. The molecule has 0 saturated carbocycles. The van der Waals surface area contributed by atoms with Gasteiger partial charge in [0, 0.05) is 10.8 Å². The van der Waals surface area contributed by atoms with Gasteiger partial charge in [-0.25, -0.2) is 0 Å². The highest BCUT2D eigenvalue weighted by molar-refractivity contribution is 4.84. The van der Waals surface area contributed by atoms with Crippen LogP contribution in [0.4, 0.5) is 0 Å². The smallest absolute Gasteiger partial charge is 0.101 e. The zero-order valence-corrected chi connectivity index (χ0v) is 16.4. The molecule has 0 spiro atoms. The molecule has 1 N–H and O–H groups in total. The fourth-order valence-electron chi connectivity index (χ4n) is 2.87. The lowest BCUT2D eigenvalue weighted by molar-refractivity contribution is -0.157. The van der Waals surface area contributed by atoms with Crippen LogP contribution in [-0.4, -0.2) is 90.5 Å². The van der Waals surface area contributed by atoms with Crippen molar-refractivity contribution in [2.75, 3.05) is 79.3 Å². The zero-order valence-electron chi connectivity index (χ0n) is 16.4. The standard InChI is InChI=1S/C19H36O7/c1-3-18(13-25-14-18)11-23-8-6-21-5-7-22-9-17(20)10-24-12-19(4-2)15-26-16-19/h17,20H,3-16H2,1-2H3. The molecule has 1 atom stereocenters. The molecule has 2 fully saturated rings. The van der Waals surface area contributed by atoms with Crippen molar-refractivity contribution in [3.63, 3.8) is 0 Å². The van der Waals surface area contributed by atoms with Crippen molar-refractivity contribution in [1.82, 2.24) is 0 Å². The van der Waals surface area contributed by atoms with E-state index in [1.165, 1.54) is 0 Å². The molecule has 2 saturated heterocycles. The van der Waals surface area contributed by atoms with Crippen LogP contribution >= 0.6 is 0 Å². The van der Waals surface area contributed by atoms with Gasteiger partial charge in [-0.15, -0.1) is 0 Å². The number of hydrogen-bond acceptors (Lipinski definition) is 7. The number of aliphatic hydroxyl groups excluding tert-OH is 1. The molecule has 0 aromatic heterocycles. The highest BCUT2D eigenvalue weighted by Crippen LogP contribution is 2.31. The molecule has 1 unspecified atom stereocenters.